The quantitative estimate of drug-likeness (QED) is 0.946. The maximum atomic E-state index is 11.0. The van der Waals surface area contributed by atoms with Crippen molar-refractivity contribution in [1.29, 1.82) is 5.26 Å². The summed E-state index contributed by atoms with van der Waals surface area (Å²) < 4.78 is 0. The maximum Gasteiger partial charge on any atom is 0.345 e. The fourth-order valence-electron chi connectivity index (χ4n) is 2.63. The minimum absolute atomic E-state index is 0.424. The summed E-state index contributed by atoms with van der Waals surface area (Å²) in [6.45, 7) is 2.48. The third kappa shape index (κ3) is 2.97. The van der Waals surface area contributed by atoms with Gasteiger partial charge < -0.3 is 5.11 Å². The van der Waals surface area contributed by atoms with Gasteiger partial charge >= 0.3 is 5.97 Å². The SMILES string of the molecule is N#Cc1cccc(CN2CCc3sc(C(=O)O)cc3C2)c1. The molecule has 0 saturated heterocycles. The lowest BCUT2D eigenvalue weighted by molar-refractivity contribution is 0.0702. The number of hydrogen-bond acceptors (Lipinski definition) is 4. The van der Waals surface area contributed by atoms with Gasteiger partial charge in [0.15, 0.2) is 0 Å². The van der Waals surface area contributed by atoms with Crippen LogP contribution in [0.4, 0.5) is 0 Å². The van der Waals surface area contributed by atoms with Crippen LogP contribution in [0.25, 0.3) is 0 Å². The summed E-state index contributed by atoms with van der Waals surface area (Å²) in [6, 6.07) is 11.6. The second kappa shape index (κ2) is 5.68. The highest BCUT2D eigenvalue weighted by molar-refractivity contribution is 7.14. The van der Waals surface area contributed by atoms with E-state index < -0.39 is 5.97 Å². The molecule has 1 aromatic carbocycles. The van der Waals surface area contributed by atoms with Gasteiger partial charge in [0, 0.05) is 24.5 Å². The second-order valence-corrected chi connectivity index (χ2v) is 6.27. The summed E-state index contributed by atoms with van der Waals surface area (Å²) in [4.78, 5) is 14.9. The van der Waals surface area contributed by atoms with Gasteiger partial charge in [-0.15, -0.1) is 11.3 Å². The summed E-state index contributed by atoms with van der Waals surface area (Å²) in [6.07, 6.45) is 0.894. The van der Waals surface area contributed by atoms with Crippen LogP contribution in [0.3, 0.4) is 0 Å². The van der Waals surface area contributed by atoms with E-state index in [-0.39, 0.29) is 0 Å². The largest absolute Gasteiger partial charge is 0.477 e. The van der Waals surface area contributed by atoms with E-state index in [1.54, 1.807) is 12.1 Å². The molecule has 5 heteroatoms. The Kier molecular flexibility index (Phi) is 3.74. The number of nitrogens with zero attached hydrogens (tertiary/aromatic N) is 2. The minimum atomic E-state index is -0.845. The van der Waals surface area contributed by atoms with E-state index in [1.165, 1.54) is 16.2 Å². The van der Waals surface area contributed by atoms with Gasteiger partial charge in [-0.05, 0) is 35.7 Å². The standard InChI is InChI=1S/C16H14N2O2S/c17-8-11-2-1-3-12(6-11)9-18-5-4-14-13(10-18)7-15(21-14)16(19)20/h1-3,6-7H,4-5,9-10H2,(H,19,20). The molecule has 4 nitrogen and oxygen atoms in total. The molecular weight excluding hydrogens is 284 g/mol. The number of nitriles is 1. The van der Waals surface area contributed by atoms with Crippen molar-refractivity contribution < 1.29 is 9.90 Å². The summed E-state index contributed by atoms with van der Waals surface area (Å²) in [7, 11) is 0. The number of carbonyl (C=O) groups is 1. The average molecular weight is 298 g/mol. The normalized spacial score (nSPS) is 14.4. The van der Waals surface area contributed by atoms with Crippen LogP contribution in [0.5, 0.6) is 0 Å². The molecule has 3 rings (SSSR count). The van der Waals surface area contributed by atoms with Gasteiger partial charge in [-0.25, -0.2) is 4.79 Å². The Bertz CT molecular complexity index is 730. The van der Waals surface area contributed by atoms with Gasteiger partial charge in [0.25, 0.3) is 0 Å². The molecule has 0 bridgehead atoms. The Morgan fingerprint density at radius 3 is 3.05 bits per heavy atom. The molecule has 1 aliphatic heterocycles. The molecule has 0 unspecified atom stereocenters. The topological polar surface area (TPSA) is 64.3 Å². The second-order valence-electron chi connectivity index (χ2n) is 5.14. The highest BCUT2D eigenvalue weighted by atomic mass is 32.1. The van der Waals surface area contributed by atoms with Crippen LogP contribution in [0.15, 0.2) is 30.3 Å². The molecule has 2 aromatic rings. The Hall–Kier alpha value is -2.16. The molecule has 106 valence electrons. The zero-order valence-electron chi connectivity index (χ0n) is 11.4. The van der Waals surface area contributed by atoms with Crippen molar-refractivity contribution in [3.8, 4) is 6.07 Å². The maximum absolute atomic E-state index is 11.0. The summed E-state index contributed by atoms with van der Waals surface area (Å²) in [5.74, 6) is -0.845. The number of rotatable bonds is 3. The monoisotopic (exact) mass is 298 g/mol. The van der Waals surface area contributed by atoms with Crippen molar-refractivity contribution in [2.75, 3.05) is 6.54 Å². The average Bonchev–Trinajstić information content (AvgIpc) is 2.91. The highest BCUT2D eigenvalue weighted by Gasteiger charge is 2.21. The van der Waals surface area contributed by atoms with E-state index in [1.807, 2.05) is 18.2 Å². The molecule has 0 aliphatic carbocycles. The fourth-order valence-corrected chi connectivity index (χ4v) is 3.63. The van der Waals surface area contributed by atoms with E-state index in [2.05, 4.69) is 11.0 Å². The van der Waals surface area contributed by atoms with Crippen molar-refractivity contribution in [1.82, 2.24) is 4.90 Å². The number of fused-ring (bicyclic) bond motifs is 1. The first-order chi connectivity index (χ1) is 10.2. The molecule has 0 fully saturated rings. The third-order valence-corrected chi connectivity index (χ3v) is 4.84. The van der Waals surface area contributed by atoms with E-state index in [4.69, 9.17) is 10.4 Å². The van der Waals surface area contributed by atoms with E-state index in [0.29, 0.717) is 10.4 Å². The lowest BCUT2D eigenvalue weighted by Gasteiger charge is -2.26. The van der Waals surface area contributed by atoms with Crippen molar-refractivity contribution in [3.05, 3.63) is 56.8 Å². The molecule has 0 radical (unpaired) electrons. The summed E-state index contributed by atoms with van der Waals surface area (Å²) in [5.41, 5.74) is 2.92. The number of aromatic carboxylic acids is 1. The third-order valence-electron chi connectivity index (χ3n) is 3.62. The lowest BCUT2D eigenvalue weighted by Crippen LogP contribution is -2.29. The number of thiophene rings is 1. The minimum Gasteiger partial charge on any atom is -0.477 e. The first-order valence-electron chi connectivity index (χ1n) is 6.72. The zero-order valence-corrected chi connectivity index (χ0v) is 12.2. The molecule has 1 N–H and O–H groups in total. The van der Waals surface area contributed by atoms with Crippen LogP contribution in [0, 0.1) is 11.3 Å². The van der Waals surface area contributed by atoms with Crippen molar-refractivity contribution in [2.45, 2.75) is 19.5 Å². The van der Waals surface area contributed by atoms with Crippen LogP contribution in [0.2, 0.25) is 0 Å². The van der Waals surface area contributed by atoms with Gasteiger partial charge in [-0.3, -0.25) is 4.90 Å². The number of carboxylic acid groups (broad SMARTS) is 1. The Labute approximate surface area is 126 Å². The number of carboxylic acids is 1. The van der Waals surface area contributed by atoms with Crippen LogP contribution in [-0.4, -0.2) is 22.5 Å². The zero-order chi connectivity index (χ0) is 14.8. The number of hydrogen-bond donors (Lipinski definition) is 1. The van der Waals surface area contributed by atoms with E-state index >= 15 is 0 Å². The summed E-state index contributed by atoms with van der Waals surface area (Å²) in [5, 5.41) is 18.0. The molecule has 2 heterocycles. The van der Waals surface area contributed by atoms with Crippen molar-refractivity contribution >= 4 is 17.3 Å². The molecular formula is C16H14N2O2S. The van der Waals surface area contributed by atoms with Gasteiger partial charge in [0.2, 0.25) is 0 Å². The lowest BCUT2D eigenvalue weighted by atomic mass is 10.1. The molecule has 0 spiro atoms. The molecule has 0 atom stereocenters. The van der Waals surface area contributed by atoms with Gasteiger partial charge in [-0.2, -0.15) is 5.26 Å². The molecule has 1 aromatic heterocycles. The fraction of sp³-hybridized carbons (Fsp3) is 0.250. The van der Waals surface area contributed by atoms with Crippen molar-refractivity contribution in [2.24, 2.45) is 0 Å². The van der Waals surface area contributed by atoms with Gasteiger partial charge in [-0.1, -0.05) is 12.1 Å². The molecule has 0 amide bonds. The first-order valence-corrected chi connectivity index (χ1v) is 7.53. The van der Waals surface area contributed by atoms with Gasteiger partial charge in [0.1, 0.15) is 4.88 Å². The van der Waals surface area contributed by atoms with Crippen molar-refractivity contribution in [3.63, 3.8) is 0 Å². The Morgan fingerprint density at radius 2 is 2.29 bits per heavy atom. The molecule has 0 saturated carbocycles. The van der Waals surface area contributed by atoms with Crippen LogP contribution in [0.1, 0.15) is 31.2 Å². The Balaban J connectivity index is 1.74. The van der Waals surface area contributed by atoms with Gasteiger partial charge in [0.05, 0.1) is 11.6 Å². The van der Waals surface area contributed by atoms with Crippen LogP contribution >= 0.6 is 11.3 Å². The van der Waals surface area contributed by atoms with Crippen LogP contribution in [-0.2, 0) is 19.5 Å². The predicted octanol–water partition coefficient (Wildman–Crippen LogP) is 2.88. The highest BCUT2D eigenvalue weighted by Crippen LogP contribution is 2.28. The summed E-state index contributed by atoms with van der Waals surface area (Å²) >= 11 is 1.39. The Morgan fingerprint density at radius 1 is 1.43 bits per heavy atom. The van der Waals surface area contributed by atoms with E-state index in [0.717, 1.165) is 37.2 Å². The van der Waals surface area contributed by atoms with E-state index in [9.17, 15) is 4.79 Å². The predicted molar refractivity (Wildman–Crippen MR) is 80.3 cm³/mol. The molecule has 21 heavy (non-hydrogen) atoms. The smallest absolute Gasteiger partial charge is 0.345 e. The molecule has 1 aliphatic rings. The number of benzene rings is 1. The van der Waals surface area contributed by atoms with Crippen LogP contribution < -0.4 is 0 Å². The first kappa shape index (κ1) is 13.8.